The van der Waals surface area contributed by atoms with E-state index in [1.54, 1.807) is 24.8 Å². The Morgan fingerprint density at radius 1 is 1.35 bits per heavy atom. The molecule has 1 saturated heterocycles. The van der Waals surface area contributed by atoms with E-state index in [2.05, 4.69) is 15.3 Å². The number of hydrogen-bond donors (Lipinski definition) is 0. The summed E-state index contributed by atoms with van der Waals surface area (Å²) in [5, 5.41) is 7.58. The number of carbonyl (C=O) groups excluding carboxylic acids is 1. The molecule has 2 aromatic heterocycles. The Morgan fingerprint density at radius 2 is 2.20 bits per heavy atom. The molecule has 7 nitrogen and oxygen atoms in total. The van der Waals surface area contributed by atoms with Crippen molar-refractivity contribution < 1.29 is 13.8 Å². The van der Waals surface area contributed by atoms with E-state index in [-0.39, 0.29) is 11.8 Å². The fourth-order valence-electron chi connectivity index (χ4n) is 2.47. The molecule has 0 aliphatic carbocycles. The number of aryl methyl sites for hydroxylation is 2. The summed E-state index contributed by atoms with van der Waals surface area (Å²) in [4.78, 5) is 18.4. The lowest BCUT2D eigenvalue weighted by Crippen LogP contribution is -2.39. The summed E-state index contributed by atoms with van der Waals surface area (Å²) >= 11 is 0. The van der Waals surface area contributed by atoms with E-state index in [0.29, 0.717) is 36.3 Å². The average molecular weight is 276 g/mol. The molecule has 3 heterocycles. The van der Waals surface area contributed by atoms with Crippen LogP contribution < -0.4 is 0 Å². The van der Waals surface area contributed by atoms with E-state index in [4.69, 9.17) is 9.05 Å². The van der Waals surface area contributed by atoms with Crippen LogP contribution in [0.3, 0.4) is 0 Å². The summed E-state index contributed by atoms with van der Waals surface area (Å²) in [6.45, 7) is 4.85. The van der Waals surface area contributed by atoms with Crippen LogP contribution in [0.4, 0.5) is 0 Å². The summed E-state index contributed by atoms with van der Waals surface area (Å²) in [6.07, 6.45) is 1.86. The number of nitrogens with zero attached hydrogens (tertiary/aromatic N) is 4. The summed E-state index contributed by atoms with van der Waals surface area (Å²) in [7, 11) is 0. The van der Waals surface area contributed by atoms with Gasteiger partial charge in [-0.05, 0) is 26.7 Å². The van der Waals surface area contributed by atoms with E-state index in [9.17, 15) is 4.79 Å². The molecule has 0 spiro atoms. The van der Waals surface area contributed by atoms with Gasteiger partial charge in [0.1, 0.15) is 5.76 Å². The molecule has 0 radical (unpaired) electrons. The standard InChI is InChI=1S/C13H16N4O3/c1-8-6-11(16-19-8)13(18)17-5-3-4-10(7-17)12-14-9(2)15-20-12/h6,10H,3-5,7H2,1-2H3/t10-/m1/s1. The second-order valence-corrected chi connectivity index (χ2v) is 5.09. The first-order valence-electron chi connectivity index (χ1n) is 6.66. The monoisotopic (exact) mass is 276 g/mol. The van der Waals surface area contributed by atoms with Crippen LogP contribution in [0.1, 0.15) is 46.7 Å². The van der Waals surface area contributed by atoms with Gasteiger partial charge in [-0.2, -0.15) is 4.98 Å². The summed E-state index contributed by atoms with van der Waals surface area (Å²) in [5.41, 5.74) is 0.352. The zero-order valence-electron chi connectivity index (χ0n) is 11.5. The van der Waals surface area contributed by atoms with Gasteiger partial charge in [0.05, 0.1) is 5.92 Å². The molecule has 1 atom stereocenters. The number of aromatic nitrogens is 3. The molecule has 0 saturated carbocycles. The Morgan fingerprint density at radius 3 is 2.85 bits per heavy atom. The lowest BCUT2D eigenvalue weighted by molar-refractivity contribution is 0.0685. The van der Waals surface area contributed by atoms with Crippen molar-refractivity contribution in [2.45, 2.75) is 32.6 Å². The Bertz CT molecular complexity index is 619. The molecular formula is C13H16N4O3. The van der Waals surface area contributed by atoms with Gasteiger partial charge in [-0.3, -0.25) is 4.79 Å². The first-order chi connectivity index (χ1) is 9.63. The molecule has 7 heteroatoms. The van der Waals surface area contributed by atoms with Crippen LogP contribution in [0.5, 0.6) is 0 Å². The van der Waals surface area contributed by atoms with Crippen molar-refractivity contribution in [1.29, 1.82) is 0 Å². The second kappa shape index (κ2) is 5.07. The van der Waals surface area contributed by atoms with Crippen molar-refractivity contribution in [2.75, 3.05) is 13.1 Å². The normalized spacial score (nSPS) is 19.3. The van der Waals surface area contributed by atoms with E-state index >= 15 is 0 Å². The zero-order chi connectivity index (χ0) is 14.1. The number of likely N-dealkylation sites (tertiary alicyclic amines) is 1. The van der Waals surface area contributed by atoms with Gasteiger partial charge in [0.15, 0.2) is 11.5 Å². The maximum atomic E-state index is 12.3. The first kappa shape index (κ1) is 12.8. The van der Waals surface area contributed by atoms with Crippen LogP contribution in [0.15, 0.2) is 15.1 Å². The summed E-state index contributed by atoms with van der Waals surface area (Å²) in [6, 6.07) is 1.66. The molecule has 0 bridgehead atoms. The Labute approximate surface area is 115 Å². The highest BCUT2D eigenvalue weighted by Gasteiger charge is 2.29. The fourth-order valence-corrected chi connectivity index (χ4v) is 2.47. The van der Waals surface area contributed by atoms with E-state index in [0.717, 1.165) is 12.8 Å². The highest BCUT2D eigenvalue weighted by molar-refractivity contribution is 5.92. The van der Waals surface area contributed by atoms with Crippen LogP contribution in [-0.2, 0) is 0 Å². The summed E-state index contributed by atoms with van der Waals surface area (Å²) < 4.78 is 10.2. The smallest absolute Gasteiger partial charge is 0.276 e. The number of rotatable bonds is 2. The van der Waals surface area contributed by atoms with Gasteiger partial charge < -0.3 is 13.9 Å². The average Bonchev–Trinajstić information content (AvgIpc) is 3.07. The molecule has 2 aromatic rings. The topological polar surface area (TPSA) is 85.3 Å². The predicted molar refractivity (Wildman–Crippen MR) is 68.2 cm³/mol. The zero-order valence-corrected chi connectivity index (χ0v) is 11.5. The van der Waals surface area contributed by atoms with Crippen molar-refractivity contribution in [2.24, 2.45) is 0 Å². The molecule has 0 aromatic carbocycles. The maximum Gasteiger partial charge on any atom is 0.276 e. The lowest BCUT2D eigenvalue weighted by Gasteiger charge is -2.30. The molecular weight excluding hydrogens is 260 g/mol. The number of hydrogen-bond acceptors (Lipinski definition) is 6. The minimum atomic E-state index is -0.109. The van der Waals surface area contributed by atoms with Crippen LogP contribution in [0.2, 0.25) is 0 Å². The molecule has 3 rings (SSSR count). The first-order valence-corrected chi connectivity index (χ1v) is 6.66. The second-order valence-electron chi connectivity index (χ2n) is 5.09. The Hall–Kier alpha value is -2.18. The minimum Gasteiger partial charge on any atom is -0.361 e. The van der Waals surface area contributed by atoms with Gasteiger partial charge in [-0.25, -0.2) is 0 Å². The van der Waals surface area contributed by atoms with Gasteiger partial charge in [-0.15, -0.1) is 0 Å². The van der Waals surface area contributed by atoms with Crippen molar-refractivity contribution in [3.05, 3.63) is 29.2 Å². The number of amides is 1. The molecule has 1 aliphatic rings. The van der Waals surface area contributed by atoms with Gasteiger partial charge in [0, 0.05) is 19.2 Å². The number of piperidine rings is 1. The highest BCUT2D eigenvalue weighted by Crippen LogP contribution is 2.26. The number of carbonyl (C=O) groups is 1. The third-order valence-electron chi connectivity index (χ3n) is 3.45. The van der Waals surface area contributed by atoms with Crippen LogP contribution in [-0.4, -0.2) is 39.2 Å². The molecule has 1 fully saturated rings. The fraction of sp³-hybridized carbons (Fsp3) is 0.538. The van der Waals surface area contributed by atoms with Crippen molar-refractivity contribution >= 4 is 5.91 Å². The van der Waals surface area contributed by atoms with E-state index in [1.807, 2.05) is 0 Å². The minimum absolute atomic E-state index is 0.0990. The maximum absolute atomic E-state index is 12.3. The third-order valence-corrected chi connectivity index (χ3v) is 3.45. The van der Waals surface area contributed by atoms with Crippen LogP contribution >= 0.6 is 0 Å². The lowest BCUT2D eigenvalue weighted by atomic mass is 9.97. The van der Waals surface area contributed by atoms with E-state index in [1.165, 1.54) is 0 Å². The highest BCUT2D eigenvalue weighted by atomic mass is 16.5. The largest absolute Gasteiger partial charge is 0.361 e. The Kier molecular flexibility index (Phi) is 3.25. The van der Waals surface area contributed by atoms with Crippen molar-refractivity contribution in [1.82, 2.24) is 20.2 Å². The Balaban J connectivity index is 1.73. The van der Waals surface area contributed by atoms with Gasteiger partial charge >= 0.3 is 0 Å². The quantitative estimate of drug-likeness (QED) is 0.829. The summed E-state index contributed by atoms with van der Waals surface area (Å²) in [5.74, 6) is 1.85. The molecule has 106 valence electrons. The molecule has 20 heavy (non-hydrogen) atoms. The van der Waals surface area contributed by atoms with E-state index < -0.39 is 0 Å². The molecule has 0 unspecified atom stereocenters. The van der Waals surface area contributed by atoms with Crippen LogP contribution in [0.25, 0.3) is 0 Å². The SMILES string of the molecule is Cc1noc([C@@H]2CCCN(C(=O)c3cc(C)on3)C2)n1. The molecule has 1 amide bonds. The van der Waals surface area contributed by atoms with Gasteiger partial charge in [-0.1, -0.05) is 10.3 Å². The van der Waals surface area contributed by atoms with Gasteiger partial charge in [0.25, 0.3) is 5.91 Å². The van der Waals surface area contributed by atoms with Crippen LogP contribution in [0, 0.1) is 13.8 Å². The predicted octanol–water partition coefficient (Wildman–Crippen LogP) is 1.69. The molecule has 0 N–H and O–H groups in total. The third kappa shape index (κ3) is 2.43. The van der Waals surface area contributed by atoms with Gasteiger partial charge in [0.2, 0.25) is 5.89 Å². The molecule has 1 aliphatic heterocycles. The van der Waals surface area contributed by atoms with Crippen molar-refractivity contribution in [3.63, 3.8) is 0 Å². The van der Waals surface area contributed by atoms with Crippen molar-refractivity contribution in [3.8, 4) is 0 Å².